The maximum atomic E-state index is 5.90. The molecule has 0 aliphatic carbocycles. The van der Waals surface area contributed by atoms with Gasteiger partial charge < -0.3 is 13.3 Å². The van der Waals surface area contributed by atoms with E-state index in [4.69, 9.17) is 13.3 Å². The third-order valence-corrected chi connectivity index (χ3v) is 6.80. The van der Waals surface area contributed by atoms with Crippen LogP contribution in [0.1, 0.15) is 43.6 Å². The number of hydrogen-bond acceptors (Lipinski definition) is 3. The lowest BCUT2D eigenvalue weighted by Crippen LogP contribution is -2.46. The number of aryl methyl sites for hydroxylation is 1. The summed E-state index contributed by atoms with van der Waals surface area (Å²) in [7, 11) is -2.53. The van der Waals surface area contributed by atoms with E-state index < -0.39 is 8.80 Å². The third kappa shape index (κ3) is 6.20. The molecule has 1 aromatic carbocycles. The van der Waals surface area contributed by atoms with Gasteiger partial charge in [0.05, 0.1) is 0 Å². The monoisotopic (exact) mass is 374 g/mol. The van der Waals surface area contributed by atoms with Crippen LogP contribution < -0.4 is 0 Å². The molecule has 1 atom stereocenters. The fourth-order valence-electron chi connectivity index (χ4n) is 2.29. The summed E-state index contributed by atoms with van der Waals surface area (Å²) >= 11 is 3.62. The Bertz CT molecular complexity index is 395. The fourth-order valence-corrected chi connectivity index (χ4v) is 5.18. The summed E-state index contributed by atoms with van der Waals surface area (Å²) in [5, 5.41) is 0. The van der Waals surface area contributed by atoms with Gasteiger partial charge in [-0.25, -0.2) is 0 Å². The zero-order chi connectivity index (χ0) is 15.7. The van der Waals surface area contributed by atoms with Gasteiger partial charge in [-0.05, 0) is 45.2 Å². The number of alkyl halides is 1. The van der Waals surface area contributed by atoms with E-state index in [1.54, 1.807) is 0 Å². The van der Waals surface area contributed by atoms with Crippen molar-refractivity contribution in [3.63, 3.8) is 0 Å². The molecule has 0 saturated carbocycles. The summed E-state index contributed by atoms with van der Waals surface area (Å²) in [5.41, 5.74) is 2.60. The van der Waals surface area contributed by atoms with E-state index in [1.165, 1.54) is 11.1 Å². The predicted molar refractivity (Wildman–Crippen MR) is 92.9 cm³/mol. The van der Waals surface area contributed by atoms with Crippen molar-refractivity contribution in [2.24, 2.45) is 0 Å². The van der Waals surface area contributed by atoms with Crippen LogP contribution in [0.3, 0.4) is 0 Å². The van der Waals surface area contributed by atoms with Crippen molar-refractivity contribution in [3.8, 4) is 0 Å². The summed E-state index contributed by atoms with van der Waals surface area (Å²) in [6.07, 6.45) is 0.916. The lowest BCUT2D eigenvalue weighted by atomic mass is 10.1. The van der Waals surface area contributed by atoms with Crippen LogP contribution in [0.15, 0.2) is 24.3 Å². The van der Waals surface area contributed by atoms with Gasteiger partial charge in [-0.15, -0.1) is 0 Å². The van der Waals surface area contributed by atoms with Gasteiger partial charge in [0.15, 0.2) is 0 Å². The van der Waals surface area contributed by atoms with Crippen molar-refractivity contribution in [1.29, 1.82) is 0 Å². The van der Waals surface area contributed by atoms with Crippen LogP contribution >= 0.6 is 15.9 Å². The fraction of sp³-hybridized carbons (Fsp3) is 0.625. The normalized spacial score (nSPS) is 13.4. The SMILES string of the molecule is CCO[Si](CCc1cccc(C(C)Br)c1)(OCC)OCC. The molecule has 1 aromatic rings. The Labute approximate surface area is 138 Å². The molecule has 1 rings (SSSR count). The zero-order valence-corrected chi connectivity index (χ0v) is 16.1. The van der Waals surface area contributed by atoms with Crippen LogP contribution in [0.2, 0.25) is 6.04 Å². The average molecular weight is 375 g/mol. The van der Waals surface area contributed by atoms with Crippen molar-refractivity contribution in [2.75, 3.05) is 19.8 Å². The van der Waals surface area contributed by atoms with Crippen LogP contribution in [0.4, 0.5) is 0 Å². The predicted octanol–water partition coefficient (Wildman–Crippen LogP) is 4.73. The van der Waals surface area contributed by atoms with Gasteiger partial charge in [0.25, 0.3) is 0 Å². The molecule has 0 radical (unpaired) electrons. The van der Waals surface area contributed by atoms with E-state index in [-0.39, 0.29) is 0 Å². The first-order valence-electron chi connectivity index (χ1n) is 7.71. The van der Waals surface area contributed by atoms with Crippen LogP contribution in [0.25, 0.3) is 0 Å². The van der Waals surface area contributed by atoms with Crippen LogP contribution in [0, 0.1) is 0 Å². The van der Waals surface area contributed by atoms with Crippen molar-refractivity contribution in [1.82, 2.24) is 0 Å². The number of rotatable bonds is 10. The molecule has 0 aliphatic heterocycles. The van der Waals surface area contributed by atoms with Gasteiger partial charge in [0, 0.05) is 30.7 Å². The maximum absolute atomic E-state index is 5.90. The summed E-state index contributed by atoms with van der Waals surface area (Å²) in [4.78, 5) is 0.366. The zero-order valence-electron chi connectivity index (χ0n) is 13.5. The molecule has 0 aliphatic rings. The molecule has 0 saturated heterocycles. The molecular formula is C16H27BrO3Si. The highest BCUT2D eigenvalue weighted by atomic mass is 79.9. The molecule has 0 heterocycles. The summed E-state index contributed by atoms with van der Waals surface area (Å²) in [6.45, 7) is 10.0. The largest absolute Gasteiger partial charge is 0.501 e. The molecule has 0 bridgehead atoms. The highest BCUT2D eigenvalue weighted by Crippen LogP contribution is 2.24. The molecule has 3 nitrogen and oxygen atoms in total. The standard InChI is InChI=1S/C16H27BrO3Si/c1-5-18-21(19-6-2,20-7-3)12-11-15-9-8-10-16(13-15)14(4)17/h8-10,13-14H,5-7,11-12H2,1-4H3. The van der Waals surface area contributed by atoms with E-state index in [1.807, 2.05) is 20.8 Å². The molecule has 0 fully saturated rings. The molecule has 120 valence electrons. The van der Waals surface area contributed by atoms with Gasteiger partial charge in [-0.3, -0.25) is 0 Å². The minimum atomic E-state index is -2.53. The number of halogens is 1. The Kier molecular flexibility index (Phi) is 8.74. The molecular weight excluding hydrogens is 348 g/mol. The lowest BCUT2D eigenvalue weighted by Gasteiger charge is -2.28. The molecule has 0 amide bonds. The van der Waals surface area contributed by atoms with Gasteiger partial charge in [0.1, 0.15) is 0 Å². The Balaban J connectivity index is 2.77. The minimum absolute atomic E-state index is 0.366. The van der Waals surface area contributed by atoms with Gasteiger partial charge in [0.2, 0.25) is 0 Å². The van der Waals surface area contributed by atoms with Crippen molar-refractivity contribution < 1.29 is 13.3 Å². The quantitative estimate of drug-likeness (QED) is 0.437. The van der Waals surface area contributed by atoms with Crippen molar-refractivity contribution >= 4 is 24.7 Å². The van der Waals surface area contributed by atoms with Crippen molar-refractivity contribution in [3.05, 3.63) is 35.4 Å². The van der Waals surface area contributed by atoms with E-state index >= 15 is 0 Å². The van der Waals surface area contributed by atoms with Crippen LogP contribution in [-0.4, -0.2) is 28.6 Å². The first kappa shape index (κ1) is 18.8. The Morgan fingerprint density at radius 2 is 1.62 bits per heavy atom. The Morgan fingerprint density at radius 1 is 1.05 bits per heavy atom. The molecule has 1 unspecified atom stereocenters. The van der Waals surface area contributed by atoms with Gasteiger partial charge >= 0.3 is 8.80 Å². The molecule has 0 aromatic heterocycles. The van der Waals surface area contributed by atoms with E-state index in [2.05, 4.69) is 47.1 Å². The molecule has 0 N–H and O–H groups in total. The topological polar surface area (TPSA) is 27.7 Å². The Morgan fingerprint density at radius 3 is 2.10 bits per heavy atom. The third-order valence-electron chi connectivity index (χ3n) is 3.22. The summed E-state index contributed by atoms with van der Waals surface area (Å²) < 4.78 is 17.7. The molecule has 5 heteroatoms. The molecule has 0 spiro atoms. The maximum Gasteiger partial charge on any atom is 0.501 e. The number of benzene rings is 1. The van der Waals surface area contributed by atoms with E-state index in [0.717, 1.165) is 12.5 Å². The van der Waals surface area contributed by atoms with E-state index in [9.17, 15) is 0 Å². The highest BCUT2D eigenvalue weighted by Gasteiger charge is 2.39. The van der Waals surface area contributed by atoms with Crippen LogP contribution in [0.5, 0.6) is 0 Å². The second kappa shape index (κ2) is 9.74. The van der Waals surface area contributed by atoms with E-state index in [0.29, 0.717) is 24.6 Å². The average Bonchev–Trinajstić information content (AvgIpc) is 2.46. The summed E-state index contributed by atoms with van der Waals surface area (Å²) in [5.74, 6) is 0. The first-order chi connectivity index (χ1) is 10.1. The van der Waals surface area contributed by atoms with Gasteiger partial charge in [-0.1, -0.05) is 40.2 Å². The van der Waals surface area contributed by atoms with Crippen molar-refractivity contribution in [2.45, 2.75) is 45.0 Å². The smallest absolute Gasteiger partial charge is 0.374 e. The first-order valence-corrected chi connectivity index (χ1v) is 10.6. The van der Waals surface area contributed by atoms with Crippen LogP contribution in [-0.2, 0) is 19.7 Å². The van der Waals surface area contributed by atoms with Gasteiger partial charge in [-0.2, -0.15) is 0 Å². The minimum Gasteiger partial charge on any atom is -0.374 e. The second-order valence-electron chi connectivity index (χ2n) is 4.84. The number of hydrogen-bond donors (Lipinski definition) is 0. The Hall–Kier alpha value is -0.203. The lowest BCUT2D eigenvalue weighted by molar-refractivity contribution is 0.0714. The summed E-state index contributed by atoms with van der Waals surface area (Å²) in [6, 6.07) is 9.46. The highest BCUT2D eigenvalue weighted by molar-refractivity contribution is 9.09. The molecule has 21 heavy (non-hydrogen) atoms. The second-order valence-corrected chi connectivity index (χ2v) is 8.95.